The predicted octanol–water partition coefficient (Wildman–Crippen LogP) is 0.405. The van der Waals surface area contributed by atoms with Crippen LogP contribution in [0.25, 0.3) is 0 Å². The van der Waals surface area contributed by atoms with Gasteiger partial charge in [-0.25, -0.2) is 13.0 Å². The van der Waals surface area contributed by atoms with Gasteiger partial charge in [-0.15, -0.1) is 0 Å². The minimum absolute atomic E-state index is 1.41. The van der Waals surface area contributed by atoms with Crippen molar-refractivity contribution in [1.29, 1.82) is 0 Å². The quantitative estimate of drug-likeness (QED) is 0.586. The number of rotatable bonds is 3. The van der Waals surface area contributed by atoms with Gasteiger partial charge in [0.1, 0.15) is 6.67 Å². The fourth-order valence-corrected chi connectivity index (χ4v) is 0.345. The Morgan fingerprint density at radius 1 is 1.88 bits per heavy atom. The molecule has 0 aliphatic heterocycles. The van der Waals surface area contributed by atoms with Crippen LogP contribution in [0.5, 0.6) is 0 Å². The second kappa shape index (κ2) is 3.88. The zero-order valence-electron chi connectivity index (χ0n) is 3.71. The molecule has 0 spiro atoms. The molecule has 8 heavy (non-hydrogen) atoms. The third-order valence-corrected chi connectivity index (χ3v) is 0.681. The van der Waals surface area contributed by atoms with Crippen molar-refractivity contribution in [3.63, 3.8) is 0 Å². The molecule has 1 N–H and O–H groups in total. The second-order valence-electron chi connectivity index (χ2n) is 0.878. The Kier molecular flexibility index (Phi) is 3.84. The Morgan fingerprint density at radius 2 is 2.38 bits per heavy atom. The van der Waals surface area contributed by atoms with Crippen LogP contribution in [0.15, 0.2) is 0 Å². The Morgan fingerprint density at radius 3 is 2.50 bits per heavy atom. The zero-order valence-corrected chi connectivity index (χ0v) is 4.53. The zero-order chi connectivity index (χ0) is 6.57. The molecule has 0 saturated carbocycles. The average molecular weight is 146 g/mol. The highest BCUT2D eigenvalue weighted by Gasteiger charge is 2.07. The van der Waals surface area contributed by atoms with E-state index in [9.17, 15) is 13.0 Å². The minimum atomic E-state index is -2.71. The topological polar surface area (TPSA) is 46.5 Å². The summed E-state index contributed by atoms with van der Waals surface area (Å²) in [5, 5.41) is 0. The summed E-state index contributed by atoms with van der Waals surface area (Å²) in [6, 6.07) is 0. The second-order valence-corrected chi connectivity index (χ2v) is 1.50. The van der Waals surface area contributed by atoms with Crippen molar-refractivity contribution in [2.75, 3.05) is 6.67 Å². The maximum Gasteiger partial charge on any atom is 0.304 e. The molecule has 0 fully saturated rings. The number of halogens is 2. The Bertz CT molecular complexity index is 87.4. The molecule has 0 aromatic carbocycles. The first kappa shape index (κ1) is 7.93. The van der Waals surface area contributed by atoms with Gasteiger partial charge in [0.25, 0.3) is 0 Å². The molecular formula is C2H4F2O3S. The highest BCUT2D eigenvalue weighted by Crippen LogP contribution is 1.94. The molecule has 0 bridgehead atoms. The molecule has 2 atom stereocenters. The Hall–Kier alpha value is -0.0700. The van der Waals surface area contributed by atoms with E-state index >= 15 is 0 Å². The van der Waals surface area contributed by atoms with Gasteiger partial charge in [-0.1, -0.05) is 0 Å². The van der Waals surface area contributed by atoms with E-state index in [1.807, 2.05) is 0 Å². The standard InChI is InChI=1S/C2H4F2O3S/c3-1-2(4)7-8(5)6/h2H,1H2,(H,5,6). The van der Waals surface area contributed by atoms with Crippen LogP contribution in [0.4, 0.5) is 8.78 Å². The molecule has 0 aromatic heterocycles. The summed E-state index contributed by atoms with van der Waals surface area (Å²) in [7, 11) is 0. The predicted molar refractivity (Wildman–Crippen MR) is 22.7 cm³/mol. The van der Waals surface area contributed by atoms with Crippen molar-refractivity contribution in [3.8, 4) is 0 Å². The molecule has 0 aliphatic carbocycles. The first-order chi connectivity index (χ1) is 3.66. The van der Waals surface area contributed by atoms with Gasteiger partial charge in [-0.05, 0) is 0 Å². The van der Waals surface area contributed by atoms with Gasteiger partial charge in [0, 0.05) is 0 Å². The molecule has 0 aliphatic rings. The van der Waals surface area contributed by atoms with Crippen LogP contribution in [0.2, 0.25) is 0 Å². The van der Waals surface area contributed by atoms with E-state index in [1.54, 1.807) is 0 Å². The van der Waals surface area contributed by atoms with Gasteiger partial charge >= 0.3 is 11.4 Å². The highest BCUT2D eigenvalue weighted by atomic mass is 32.2. The van der Waals surface area contributed by atoms with Gasteiger partial charge in [-0.3, -0.25) is 4.55 Å². The molecule has 0 heterocycles. The summed E-state index contributed by atoms with van der Waals surface area (Å²) in [4.78, 5) is 0. The normalized spacial score (nSPS) is 17.9. The molecule has 6 heteroatoms. The summed E-state index contributed by atoms with van der Waals surface area (Å²) in [5.74, 6) is 0. The summed E-state index contributed by atoms with van der Waals surface area (Å²) in [6.07, 6.45) is -2.29. The van der Waals surface area contributed by atoms with Gasteiger partial charge in [0.15, 0.2) is 0 Å². The molecule has 0 rings (SSSR count). The number of alkyl halides is 2. The SMILES string of the molecule is O=S(O)OC(F)CF. The van der Waals surface area contributed by atoms with Crippen LogP contribution in [0.1, 0.15) is 0 Å². The van der Waals surface area contributed by atoms with E-state index in [4.69, 9.17) is 4.55 Å². The molecule has 3 nitrogen and oxygen atoms in total. The van der Waals surface area contributed by atoms with Crippen LogP contribution in [-0.2, 0) is 15.5 Å². The maximum absolute atomic E-state index is 11.4. The lowest BCUT2D eigenvalue weighted by atomic mass is 10.8. The molecule has 0 saturated heterocycles. The lowest BCUT2D eigenvalue weighted by molar-refractivity contribution is 0.0480. The smallest absolute Gasteiger partial charge is 0.284 e. The van der Waals surface area contributed by atoms with E-state index in [2.05, 4.69) is 4.18 Å². The largest absolute Gasteiger partial charge is 0.304 e. The third-order valence-electron chi connectivity index (χ3n) is 0.308. The highest BCUT2D eigenvalue weighted by molar-refractivity contribution is 7.74. The lowest BCUT2D eigenvalue weighted by Crippen LogP contribution is -2.09. The number of hydrogen-bond donors (Lipinski definition) is 1. The molecular weight excluding hydrogens is 142 g/mol. The van der Waals surface area contributed by atoms with Crippen LogP contribution >= 0.6 is 0 Å². The fourth-order valence-electron chi connectivity index (χ4n) is 0.115. The van der Waals surface area contributed by atoms with Crippen molar-refractivity contribution in [3.05, 3.63) is 0 Å². The van der Waals surface area contributed by atoms with E-state index in [-0.39, 0.29) is 0 Å². The molecule has 0 amide bonds. The van der Waals surface area contributed by atoms with Crippen molar-refractivity contribution in [1.82, 2.24) is 0 Å². The van der Waals surface area contributed by atoms with Crippen molar-refractivity contribution in [2.24, 2.45) is 0 Å². The first-order valence-electron chi connectivity index (χ1n) is 1.65. The lowest BCUT2D eigenvalue weighted by Gasteiger charge is -1.96. The maximum atomic E-state index is 11.4. The van der Waals surface area contributed by atoms with Crippen LogP contribution in [0.3, 0.4) is 0 Å². The van der Waals surface area contributed by atoms with Gasteiger partial charge in [0.05, 0.1) is 0 Å². The van der Waals surface area contributed by atoms with Gasteiger partial charge in [0.2, 0.25) is 6.36 Å². The molecule has 50 valence electrons. The van der Waals surface area contributed by atoms with Crippen LogP contribution in [0, 0.1) is 0 Å². The van der Waals surface area contributed by atoms with E-state index in [1.165, 1.54) is 0 Å². The summed E-state index contributed by atoms with van der Waals surface area (Å²) in [5.41, 5.74) is 0. The third kappa shape index (κ3) is 4.10. The van der Waals surface area contributed by atoms with Crippen molar-refractivity contribution in [2.45, 2.75) is 6.36 Å². The van der Waals surface area contributed by atoms with Crippen LogP contribution in [-0.4, -0.2) is 21.8 Å². The average Bonchev–Trinajstić information content (AvgIpc) is 1.65. The molecule has 2 unspecified atom stereocenters. The minimum Gasteiger partial charge on any atom is -0.284 e. The Balaban J connectivity index is 3.24. The van der Waals surface area contributed by atoms with Crippen LogP contribution < -0.4 is 0 Å². The first-order valence-corrected chi connectivity index (χ1v) is 2.68. The monoisotopic (exact) mass is 146 g/mol. The summed E-state index contributed by atoms with van der Waals surface area (Å²) < 4.78 is 43.0. The van der Waals surface area contributed by atoms with E-state index < -0.39 is 24.4 Å². The summed E-state index contributed by atoms with van der Waals surface area (Å²) in [6.45, 7) is -1.41. The summed E-state index contributed by atoms with van der Waals surface area (Å²) >= 11 is -2.71. The van der Waals surface area contributed by atoms with Gasteiger partial charge in [-0.2, -0.15) is 4.21 Å². The van der Waals surface area contributed by atoms with Gasteiger partial charge < -0.3 is 0 Å². The molecule has 0 radical (unpaired) electrons. The van der Waals surface area contributed by atoms with E-state index in [0.29, 0.717) is 0 Å². The fraction of sp³-hybridized carbons (Fsp3) is 1.00. The number of hydrogen-bond acceptors (Lipinski definition) is 2. The van der Waals surface area contributed by atoms with Crippen molar-refractivity contribution >= 4 is 11.4 Å². The Labute approximate surface area is 47.1 Å². The van der Waals surface area contributed by atoms with E-state index in [0.717, 1.165) is 0 Å². The molecule has 0 aromatic rings. The van der Waals surface area contributed by atoms with Crippen molar-refractivity contribution < 1.29 is 21.7 Å².